The topological polar surface area (TPSA) is 104 Å². The van der Waals surface area contributed by atoms with Gasteiger partial charge in [-0.25, -0.2) is 4.79 Å². The second kappa shape index (κ2) is 10.6. The van der Waals surface area contributed by atoms with E-state index in [0.29, 0.717) is 29.3 Å². The lowest BCUT2D eigenvalue weighted by Crippen LogP contribution is -2.34. The van der Waals surface area contributed by atoms with Gasteiger partial charge in [-0.3, -0.25) is 0 Å². The van der Waals surface area contributed by atoms with Crippen molar-refractivity contribution in [2.24, 2.45) is 0 Å². The molecule has 2 aliphatic heterocycles. The van der Waals surface area contributed by atoms with Crippen LogP contribution >= 0.6 is 0 Å². The lowest BCUT2D eigenvalue weighted by atomic mass is 10.1. The van der Waals surface area contributed by atoms with Crippen LogP contribution in [0.4, 0.5) is 23.5 Å². The summed E-state index contributed by atoms with van der Waals surface area (Å²) in [5.41, 5.74) is 0.650. The fourth-order valence-electron chi connectivity index (χ4n) is 4.44. The van der Waals surface area contributed by atoms with Crippen LogP contribution in [0.1, 0.15) is 48.9 Å². The lowest BCUT2D eigenvalue weighted by molar-refractivity contribution is 0.0731. The summed E-state index contributed by atoms with van der Waals surface area (Å²) in [4.78, 5) is 31.1. The fourth-order valence-corrected chi connectivity index (χ4v) is 4.44. The number of piperidine rings is 2. The zero-order chi connectivity index (χ0) is 24.0. The van der Waals surface area contributed by atoms with E-state index in [1.165, 1.54) is 25.0 Å². The van der Waals surface area contributed by atoms with Crippen molar-refractivity contribution in [1.29, 1.82) is 0 Å². The number of esters is 1. The average Bonchev–Trinajstić information content (AvgIpc) is 2.90. The first-order chi connectivity index (χ1) is 17.2. The van der Waals surface area contributed by atoms with Crippen LogP contribution in [0.25, 0.3) is 0 Å². The Morgan fingerprint density at radius 2 is 1.40 bits per heavy atom. The number of para-hydroxylation sites is 1. The van der Waals surface area contributed by atoms with Crippen molar-refractivity contribution in [2.75, 3.05) is 41.3 Å². The first kappa shape index (κ1) is 22.9. The number of anilines is 4. The number of aromatic hydroxyl groups is 1. The third-order valence-electron chi connectivity index (χ3n) is 6.32. The van der Waals surface area contributed by atoms with E-state index in [0.717, 1.165) is 51.9 Å². The SMILES string of the molecule is O=C(Oc1ccccc1)c1ccc(Nc2nc(N3CCCCC3)nc(N3CCCCC3)n2)cc1O. The molecule has 0 spiro atoms. The molecule has 2 aromatic carbocycles. The van der Waals surface area contributed by atoms with Crippen molar-refractivity contribution in [3.8, 4) is 11.5 Å². The number of rotatable bonds is 6. The smallest absolute Gasteiger partial charge is 0.347 e. The molecule has 2 aliphatic rings. The van der Waals surface area contributed by atoms with Gasteiger partial charge in [0.15, 0.2) is 0 Å². The first-order valence-electron chi connectivity index (χ1n) is 12.3. The number of nitrogens with one attached hydrogen (secondary N) is 1. The fraction of sp³-hybridized carbons (Fsp3) is 0.385. The van der Waals surface area contributed by atoms with Gasteiger partial charge >= 0.3 is 5.97 Å². The largest absolute Gasteiger partial charge is 0.507 e. The van der Waals surface area contributed by atoms with E-state index in [2.05, 4.69) is 25.1 Å². The molecular formula is C26H30N6O3. The van der Waals surface area contributed by atoms with Crippen LogP contribution in [0.15, 0.2) is 48.5 Å². The molecule has 0 aliphatic carbocycles. The summed E-state index contributed by atoms with van der Waals surface area (Å²) >= 11 is 0. The van der Waals surface area contributed by atoms with E-state index < -0.39 is 5.97 Å². The maximum absolute atomic E-state index is 12.5. The van der Waals surface area contributed by atoms with Crippen molar-refractivity contribution in [3.05, 3.63) is 54.1 Å². The van der Waals surface area contributed by atoms with Gasteiger partial charge in [0.2, 0.25) is 17.8 Å². The molecule has 2 fully saturated rings. The van der Waals surface area contributed by atoms with Gasteiger partial charge in [-0.15, -0.1) is 0 Å². The lowest BCUT2D eigenvalue weighted by Gasteiger charge is -2.30. The summed E-state index contributed by atoms with van der Waals surface area (Å²) in [5, 5.41) is 13.7. The Labute approximate surface area is 204 Å². The molecule has 0 saturated carbocycles. The van der Waals surface area contributed by atoms with Gasteiger partial charge < -0.3 is 25.0 Å². The van der Waals surface area contributed by atoms with Gasteiger partial charge in [-0.05, 0) is 62.8 Å². The summed E-state index contributed by atoms with van der Waals surface area (Å²) in [6, 6.07) is 13.5. The van der Waals surface area contributed by atoms with E-state index in [1.54, 1.807) is 30.3 Å². The van der Waals surface area contributed by atoms with Crippen molar-refractivity contribution >= 4 is 29.5 Å². The van der Waals surface area contributed by atoms with Gasteiger partial charge in [-0.1, -0.05) is 18.2 Å². The average molecular weight is 475 g/mol. The van der Waals surface area contributed by atoms with E-state index in [9.17, 15) is 9.90 Å². The van der Waals surface area contributed by atoms with Crippen LogP contribution in [-0.2, 0) is 0 Å². The molecule has 0 bridgehead atoms. The number of phenolic OH excluding ortho intramolecular Hbond substituents is 1. The highest BCUT2D eigenvalue weighted by molar-refractivity contribution is 5.94. The van der Waals surface area contributed by atoms with Crippen LogP contribution in [0, 0.1) is 0 Å². The number of aromatic nitrogens is 3. The van der Waals surface area contributed by atoms with Crippen LogP contribution in [0.2, 0.25) is 0 Å². The number of carbonyl (C=O) groups is 1. The first-order valence-corrected chi connectivity index (χ1v) is 12.3. The number of carbonyl (C=O) groups excluding carboxylic acids is 1. The highest BCUT2D eigenvalue weighted by atomic mass is 16.5. The second-order valence-corrected chi connectivity index (χ2v) is 8.91. The maximum atomic E-state index is 12.5. The molecule has 9 heteroatoms. The van der Waals surface area contributed by atoms with E-state index in [4.69, 9.17) is 9.72 Å². The predicted octanol–water partition coefficient (Wildman–Crippen LogP) is 4.52. The molecule has 0 atom stereocenters. The number of ether oxygens (including phenoxy) is 1. The molecule has 2 saturated heterocycles. The number of phenols is 1. The van der Waals surface area contributed by atoms with E-state index >= 15 is 0 Å². The van der Waals surface area contributed by atoms with Gasteiger partial charge in [-0.2, -0.15) is 15.0 Å². The Morgan fingerprint density at radius 1 is 0.800 bits per heavy atom. The molecule has 35 heavy (non-hydrogen) atoms. The molecular weight excluding hydrogens is 444 g/mol. The molecule has 3 aromatic rings. The monoisotopic (exact) mass is 474 g/mol. The van der Waals surface area contributed by atoms with Crippen molar-refractivity contribution in [2.45, 2.75) is 38.5 Å². The summed E-state index contributed by atoms with van der Waals surface area (Å²) in [7, 11) is 0. The Hall–Kier alpha value is -3.88. The van der Waals surface area contributed by atoms with E-state index in [1.807, 2.05) is 6.07 Å². The summed E-state index contributed by atoms with van der Waals surface area (Å²) in [6.45, 7) is 3.73. The maximum Gasteiger partial charge on any atom is 0.347 e. The Morgan fingerprint density at radius 3 is 1.97 bits per heavy atom. The molecule has 1 aromatic heterocycles. The standard InChI is InChI=1S/C26H30N6O3/c33-22-18-19(12-13-21(22)23(34)35-20-10-4-1-5-11-20)27-24-28-25(31-14-6-2-7-15-31)30-26(29-24)32-16-8-3-9-17-32/h1,4-5,10-13,18,33H,2-3,6-9,14-17H2,(H,27,28,29,30). The summed E-state index contributed by atoms with van der Waals surface area (Å²) in [5.74, 6) is 1.38. The highest BCUT2D eigenvalue weighted by Crippen LogP contribution is 2.27. The Bertz CT molecular complexity index is 1120. The second-order valence-electron chi connectivity index (χ2n) is 8.91. The number of benzene rings is 2. The minimum atomic E-state index is -0.625. The van der Waals surface area contributed by atoms with Crippen LogP contribution in [-0.4, -0.2) is 52.2 Å². The molecule has 9 nitrogen and oxygen atoms in total. The van der Waals surface area contributed by atoms with Gasteiger partial charge in [0.1, 0.15) is 17.1 Å². The molecule has 0 radical (unpaired) electrons. The van der Waals surface area contributed by atoms with Gasteiger partial charge in [0.05, 0.1) is 0 Å². The van der Waals surface area contributed by atoms with Crippen LogP contribution < -0.4 is 19.9 Å². The van der Waals surface area contributed by atoms with Crippen molar-refractivity contribution in [3.63, 3.8) is 0 Å². The molecule has 5 rings (SSSR count). The van der Waals surface area contributed by atoms with E-state index in [-0.39, 0.29) is 11.3 Å². The molecule has 2 N–H and O–H groups in total. The Balaban J connectivity index is 1.37. The number of hydrogen-bond donors (Lipinski definition) is 2. The Kier molecular flexibility index (Phi) is 6.92. The van der Waals surface area contributed by atoms with Crippen molar-refractivity contribution < 1.29 is 14.6 Å². The number of hydrogen-bond acceptors (Lipinski definition) is 9. The molecule has 0 amide bonds. The highest BCUT2D eigenvalue weighted by Gasteiger charge is 2.21. The third kappa shape index (κ3) is 5.62. The third-order valence-corrected chi connectivity index (χ3v) is 6.32. The molecule has 182 valence electrons. The van der Waals surface area contributed by atoms with Crippen LogP contribution in [0.5, 0.6) is 11.5 Å². The number of nitrogens with zero attached hydrogens (tertiary/aromatic N) is 5. The molecule has 3 heterocycles. The van der Waals surface area contributed by atoms with Crippen molar-refractivity contribution in [1.82, 2.24) is 15.0 Å². The molecule has 0 unspecified atom stereocenters. The zero-order valence-corrected chi connectivity index (χ0v) is 19.7. The summed E-state index contributed by atoms with van der Waals surface area (Å²) < 4.78 is 5.34. The minimum absolute atomic E-state index is 0.0815. The van der Waals surface area contributed by atoms with Gasteiger partial charge in [0.25, 0.3) is 0 Å². The van der Waals surface area contributed by atoms with Gasteiger partial charge in [0, 0.05) is 37.9 Å². The predicted molar refractivity (Wildman–Crippen MR) is 135 cm³/mol. The normalized spacial score (nSPS) is 16.1. The zero-order valence-electron chi connectivity index (χ0n) is 19.7. The quantitative estimate of drug-likeness (QED) is 0.394. The summed E-state index contributed by atoms with van der Waals surface area (Å²) in [6.07, 6.45) is 6.96. The van der Waals surface area contributed by atoms with Crippen LogP contribution in [0.3, 0.4) is 0 Å². The minimum Gasteiger partial charge on any atom is -0.507 e.